The van der Waals surface area contributed by atoms with E-state index in [1.807, 2.05) is 0 Å². The molecule has 3 aromatic rings. The first kappa shape index (κ1) is 19.2. The van der Waals surface area contributed by atoms with E-state index >= 15 is 0 Å². The molecule has 0 fully saturated rings. The number of hydrogen-bond acceptors (Lipinski definition) is 5. The Hall–Kier alpha value is -2.53. The number of halogens is 1. The van der Waals surface area contributed by atoms with Gasteiger partial charge in [0, 0.05) is 14.9 Å². The van der Waals surface area contributed by atoms with Gasteiger partial charge in [-0.15, -0.1) is 0 Å². The summed E-state index contributed by atoms with van der Waals surface area (Å²) in [6.07, 6.45) is 1.38. The third-order valence-corrected chi connectivity index (χ3v) is 5.67. The monoisotopic (exact) mass is 498 g/mol. The SMILES string of the molecule is COc1ccc(NC(=O)c2ccco2)cc1S(=O)(=O)Nc1ccc(I)cc1. The second-order valence-corrected chi connectivity index (χ2v) is 8.31. The summed E-state index contributed by atoms with van der Waals surface area (Å²) in [5.41, 5.74) is 0.711. The molecule has 0 aliphatic rings. The molecule has 1 aromatic heterocycles. The summed E-state index contributed by atoms with van der Waals surface area (Å²) in [6.45, 7) is 0. The second-order valence-electron chi connectivity index (χ2n) is 5.41. The summed E-state index contributed by atoms with van der Waals surface area (Å²) >= 11 is 2.13. The van der Waals surface area contributed by atoms with Crippen LogP contribution in [-0.4, -0.2) is 21.4 Å². The smallest absolute Gasteiger partial charge is 0.291 e. The molecule has 0 spiro atoms. The van der Waals surface area contributed by atoms with Crippen molar-refractivity contribution in [3.8, 4) is 5.75 Å². The molecule has 7 nitrogen and oxygen atoms in total. The van der Waals surface area contributed by atoms with Crippen molar-refractivity contribution in [2.24, 2.45) is 0 Å². The third-order valence-electron chi connectivity index (χ3n) is 3.55. The van der Waals surface area contributed by atoms with Crippen LogP contribution in [0, 0.1) is 3.57 Å². The largest absolute Gasteiger partial charge is 0.495 e. The number of rotatable bonds is 6. The van der Waals surface area contributed by atoms with Crippen LogP contribution in [-0.2, 0) is 10.0 Å². The quantitative estimate of drug-likeness (QED) is 0.502. The highest BCUT2D eigenvalue weighted by Crippen LogP contribution is 2.29. The normalized spacial score (nSPS) is 11.0. The van der Waals surface area contributed by atoms with Gasteiger partial charge in [-0.2, -0.15) is 0 Å². The van der Waals surface area contributed by atoms with Crippen LogP contribution in [0.1, 0.15) is 10.6 Å². The molecular weight excluding hydrogens is 483 g/mol. The molecule has 0 radical (unpaired) electrons. The minimum absolute atomic E-state index is 0.0965. The molecule has 0 aliphatic carbocycles. The molecule has 0 atom stereocenters. The molecule has 0 saturated heterocycles. The van der Waals surface area contributed by atoms with Crippen LogP contribution in [0.4, 0.5) is 11.4 Å². The minimum Gasteiger partial charge on any atom is -0.495 e. The number of methoxy groups -OCH3 is 1. The van der Waals surface area contributed by atoms with E-state index in [9.17, 15) is 13.2 Å². The number of ether oxygens (including phenoxy) is 1. The first-order chi connectivity index (χ1) is 12.9. The topological polar surface area (TPSA) is 97.6 Å². The van der Waals surface area contributed by atoms with Gasteiger partial charge in [-0.3, -0.25) is 9.52 Å². The number of anilines is 2. The van der Waals surface area contributed by atoms with Gasteiger partial charge in [0.25, 0.3) is 15.9 Å². The van der Waals surface area contributed by atoms with Crippen molar-refractivity contribution in [3.05, 3.63) is 70.2 Å². The van der Waals surface area contributed by atoms with Crippen molar-refractivity contribution >= 4 is 49.9 Å². The van der Waals surface area contributed by atoms with Gasteiger partial charge in [-0.25, -0.2) is 8.42 Å². The maximum Gasteiger partial charge on any atom is 0.291 e. The average Bonchev–Trinajstić information content (AvgIpc) is 3.18. The van der Waals surface area contributed by atoms with Gasteiger partial charge in [-0.1, -0.05) is 0 Å². The molecule has 2 N–H and O–H groups in total. The van der Waals surface area contributed by atoms with E-state index in [-0.39, 0.29) is 16.4 Å². The zero-order chi connectivity index (χ0) is 19.4. The number of hydrogen-bond donors (Lipinski definition) is 2. The lowest BCUT2D eigenvalue weighted by Gasteiger charge is -2.13. The Balaban J connectivity index is 1.90. The van der Waals surface area contributed by atoms with Crippen LogP contribution in [0.3, 0.4) is 0 Å². The van der Waals surface area contributed by atoms with Crippen molar-refractivity contribution < 1.29 is 22.4 Å². The van der Waals surface area contributed by atoms with Crippen LogP contribution >= 0.6 is 22.6 Å². The fourth-order valence-corrected chi connectivity index (χ4v) is 3.91. The summed E-state index contributed by atoms with van der Waals surface area (Å²) < 4.78 is 39.3. The lowest BCUT2D eigenvalue weighted by molar-refractivity contribution is 0.0996. The van der Waals surface area contributed by atoms with Crippen molar-refractivity contribution in [1.82, 2.24) is 0 Å². The lowest BCUT2D eigenvalue weighted by Crippen LogP contribution is -2.16. The van der Waals surface area contributed by atoms with Crippen molar-refractivity contribution in [1.29, 1.82) is 0 Å². The molecule has 140 valence electrons. The number of amides is 1. The van der Waals surface area contributed by atoms with Crippen LogP contribution in [0.2, 0.25) is 0 Å². The van der Waals surface area contributed by atoms with Crippen LogP contribution in [0.15, 0.2) is 70.2 Å². The number of furan rings is 1. The van der Waals surface area contributed by atoms with Gasteiger partial charge in [0.1, 0.15) is 10.6 Å². The maximum absolute atomic E-state index is 12.8. The Morgan fingerprint density at radius 3 is 2.41 bits per heavy atom. The molecular formula is C18H15IN2O5S. The summed E-state index contributed by atoms with van der Waals surface area (Å²) in [6, 6.07) is 14.3. The first-order valence-electron chi connectivity index (χ1n) is 7.70. The van der Waals surface area contributed by atoms with Gasteiger partial charge in [0.2, 0.25) is 0 Å². The van der Waals surface area contributed by atoms with Gasteiger partial charge >= 0.3 is 0 Å². The van der Waals surface area contributed by atoms with Crippen molar-refractivity contribution in [2.75, 3.05) is 17.1 Å². The Morgan fingerprint density at radius 1 is 1.07 bits per heavy atom. The standard InChI is InChI=1S/C18H15IN2O5S/c1-25-15-9-8-14(20-18(22)16-3-2-10-26-16)11-17(15)27(23,24)21-13-6-4-12(19)5-7-13/h2-11,21H,1H3,(H,20,22). The van der Waals surface area contributed by atoms with E-state index in [0.717, 1.165) is 3.57 Å². The molecule has 0 unspecified atom stereocenters. The summed E-state index contributed by atoms with van der Waals surface area (Å²) in [5, 5.41) is 2.60. The van der Waals surface area contributed by atoms with Crippen molar-refractivity contribution in [3.63, 3.8) is 0 Å². The second kappa shape index (κ2) is 8.01. The van der Waals surface area contributed by atoms with Gasteiger partial charge in [0.15, 0.2) is 5.76 Å². The number of carbonyl (C=O) groups excluding carboxylic acids is 1. The molecule has 1 amide bonds. The predicted molar refractivity (Wildman–Crippen MR) is 110 cm³/mol. The lowest BCUT2D eigenvalue weighted by atomic mass is 10.3. The Bertz CT molecular complexity index is 1050. The van der Waals surface area contributed by atoms with Crippen LogP contribution in [0.25, 0.3) is 0 Å². The van der Waals surface area contributed by atoms with E-state index in [1.54, 1.807) is 36.4 Å². The molecule has 3 rings (SSSR count). The predicted octanol–water partition coefficient (Wildman–Crippen LogP) is 3.95. The molecule has 27 heavy (non-hydrogen) atoms. The highest BCUT2D eigenvalue weighted by Gasteiger charge is 2.21. The van der Waals surface area contributed by atoms with E-state index < -0.39 is 15.9 Å². The van der Waals surface area contributed by atoms with E-state index in [1.165, 1.54) is 31.6 Å². The van der Waals surface area contributed by atoms with Gasteiger partial charge in [-0.05, 0) is 77.2 Å². The number of benzene rings is 2. The van der Waals surface area contributed by atoms with E-state index in [0.29, 0.717) is 11.4 Å². The third kappa shape index (κ3) is 4.61. The molecule has 2 aromatic carbocycles. The molecule has 9 heteroatoms. The molecule has 0 bridgehead atoms. The Labute approximate surface area is 169 Å². The Morgan fingerprint density at radius 2 is 1.78 bits per heavy atom. The zero-order valence-corrected chi connectivity index (χ0v) is 17.1. The first-order valence-corrected chi connectivity index (χ1v) is 10.3. The van der Waals surface area contributed by atoms with Gasteiger partial charge < -0.3 is 14.5 Å². The van der Waals surface area contributed by atoms with Crippen molar-refractivity contribution in [2.45, 2.75) is 4.90 Å². The molecule has 0 saturated carbocycles. The summed E-state index contributed by atoms with van der Waals surface area (Å²) in [5.74, 6) is -0.213. The van der Waals surface area contributed by atoms with Gasteiger partial charge in [0.05, 0.1) is 13.4 Å². The minimum atomic E-state index is -3.93. The maximum atomic E-state index is 12.8. The van der Waals surface area contributed by atoms with Crippen LogP contribution < -0.4 is 14.8 Å². The summed E-state index contributed by atoms with van der Waals surface area (Å²) in [4.78, 5) is 12.0. The Kier molecular flexibility index (Phi) is 5.71. The molecule has 1 heterocycles. The number of carbonyl (C=O) groups is 1. The highest BCUT2D eigenvalue weighted by atomic mass is 127. The van der Waals surface area contributed by atoms with Crippen LogP contribution in [0.5, 0.6) is 5.75 Å². The number of nitrogens with one attached hydrogen (secondary N) is 2. The average molecular weight is 498 g/mol. The fourth-order valence-electron chi connectivity index (χ4n) is 2.29. The number of sulfonamides is 1. The molecule has 0 aliphatic heterocycles. The fraction of sp³-hybridized carbons (Fsp3) is 0.0556. The summed E-state index contributed by atoms with van der Waals surface area (Å²) in [7, 11) is -2.56. The zero-order valence-electron chi connectivity index (χ0n) is 14.1. The van der Waals surface area contributed by atoms with E-state index in [2.05, 4.69) is 32.6 Å². The van der Waals surface area contributed by atoms with E-state index in [4.69, 9.17) is 9.15 Å². The highest BCUT2D eigenvalue weighted by molar-refractivity contribution is 14.1.